The van der Waals surface area contributed by atoms with Gasteiger partial charge in [-0.3, -0.25) is 9.52 Å². The van der Waals surface area contributed by atoms with Gasteiger partial charge in [0.2, 0.25) is 0 Å². The fraction of sp³-hybridized carbons (Fsp3) is 0.458. The van der Waals surface area contributed by atoms with Crippen LogP contribution >= 0.6 is 0 Å². The van der Waals surface area contributed by atoms with Crippen LogP contribution in [-0.4, -0.2) is 33.6 Å². The molecule has 0 bridgehead atoms. The van der Waals surface area contributed by atoms with Crippen molar-refractivity contribution in [2.45, 2.75) is 57.4 Å². The molecular formula is C24H32N2O4S. The first-order valence-corrected chi connectivity index (χ1v) is 12.4. The third kappa shape index (κ3) is 6.08. The van der Waals surface area contributed by atoms with Gasteiger partial charge >= 0.3 is 0 Å². The number of carbonyl (C=O) groups is 1. The summed E-state index contributed by atoms with van der Waals surface area (Å²) in [5.74, 6) is 0.00682. The highest BCUT2D eigenvalue weighted by Crippen LogP contribution is 2.21. The molecule has 0 spiro atoms. The summed E-state index contributed by atoms with van der Waals surface area (Å²) in [5.41, 5.74) is 2.78. The van der Waals surface area contributed by atoms with E-state index in [0.29, 0.717) is 24.5 Å². The molecule has 1 aliphatic rings. The van der Waals surface area contributed by atoms with Crippen LogP contribution in [-0.2, 0) is 21.2 Å². The van der Waals surface area contributed by atoms with Crippen LogP contribution in [0.3, 0.4) is 0 Å². The smallest absolute Gasteiger partial charge is 0.261 e. The summed E-state index contributed by atoms with van der Waals surface area (Å²) in [6.45, 7) is 7.25. The van der Waals surface area contributed by atoms with Crippen molar-refractivity contribution >= 4 is 21.6 Å². The lowest BCUT2D eigenvalue weighted by Crippen LogP contribution is -2.38. The van der Waals surface area contributed by atoms with Gasteiger partial charge in [-0.05, 0) is 68.5 Å². The summed E-state index contributed by atoms with van der Waals surface area (Å²) >= 11 is 0. The van der Waals surface area contributed by atoms with Crippen molar-refractivity contribution < 1.29 is 17.9 Å². The van der Waals surface area contributed by atoms with Crippen LogP contribution < -0.4 is 10.0 Å². The number of rotatable bonds is 9. The number of anilines is 1. The standard InChI is InChI=1S/C24H32N2O4S/c1-4-5-6-19-8-10-21(11-9-19)26-31(28,29)22-12-7-17(2)23(15-22)24(27)25-18(3)20-13-14-30-16-20/h7-12,15,18,20,26H,4-6,13-14,16H2,1-3H3,(H,25,27)/t18-,20+/m0/s1. The zero-order valence-electron chi connectivity index (χ0n) is 18.5. The Kier molecular flexibility index (Phi) is 7.73. The van der Waals surface area contributed by atoms with Crippen molar-refractivity contribution in [3.63, 3.8) is 0 Å². The van der Waals surface area contributed by atoms with E-state index >= 15 is 0 Å². The maximum atomic E-state index is 12.9. The molecule has 0 saturated carbocycles. The molecule has 0 aliphatic carbocycles. The van der Waals surface area contributed by atoms with Gasteiger partial charge in [-0.15, -0.1) is 0 Å². The topological polar surface area (TPSA) is 84.5 Å². The Labute approximate surface area is 185 Å². The number of aryl methyl sites for hydroxylation is 2. The molecule has 1 saturated heterocycles. The highest BCUT2D eigenvalue weighted by molar-refractivity contribution is 7.92. The van der Waals surface area contributed by atoms with Crippen LogP contribution in [0.25, 0.3) is 0 Å². The Bertz CT molecular complexity index is 997. The number of hydrogen-bond acceptors (Lipinski definition) is 4. The van der Waals surface area contributed by atoms with Crippen LogP contribution in [0.15, 0.2) is 47.4 Å². The normalized spacial score (nSPS) is 17.3. The van der Waals surface area contributed by atoms with Crippen molar-refractivity contribution in [1.29, 1.82) is 0 Å². The van der Waals surface area contributed by atoms with Crippen molar-refractivity contribution in [3.05, 3.63) is 59.2 Å². The highest BCUT2D eigenvalue weighted by Gasteiger charge is 2.25. The minimum Gasteiger partial charge on any atom is -0.381 e. The maximum absolute atomic E-state index is 12.9. The summed E-state index contributed by atoms with van der Waals surface area (Å²) < 4.78 is 33.8. The van der Waals surface area contributed by atoms with Gasteiger partial charge in [-0.25, -0.2) is 8.42 Å². The molecular weight excluding hydrogens is 412 g/mol. The zero-order chi connectivity index (χ0) is 22.4. The molecule has 1 aliphatic heterocycles. The first-order valence-electron chi connectivity index (χ1n) is 10.9. The third-order valence-corrected chi connectivity index (χ3v) is 7.20. The molecule has 1 heterocycles. The number of nitrogens with one attached hydrogen (secondary N) is 2. The Balaban J connectivity index is 1.73. The SMILES string of the molecule is CCCCc1ccc(NS(=O)(=O)c2ccc(C)c(C(=O)N[C@@H](C)[C@@H]3CCOC3)c2)cc1. The van der Waals surface area contributed by atoms with Crippen molar-refractivity contribution in [1.82, 2.24) is 5.32 Å². The van der Waals surface area contributed by atoms with Crippen molar-refractivity contribution in [2.24, 2.45) is 5.92 Å². The molecule has 168 valence electrons. The van der Waals surface area contributed by atoms with E-state index in [1.165, 1.54) is 17.7 Å². The number of ether oxygens (including phenoxy) is 1. The van der Waals surface area contributed by atoms with Crippen LogP contribution in [0, 0.1) is 12.8 Å². The molecule has 1 fully saturated rings. The van der Waals surface area contributed by atoms with Gasteiger partial charge in [0.15, 0.2) is 0 Å². The van der Waals surface area contributed by atoms with Crippen LogP contribution in [0.4, 0.5) is 5.69 Å². The number of unbranched alkanes of at least 4 members (excludes halogenated alkanes) is 1. The molecule has 2 atom stereocenters. The molecule has 31 heavy (non-hydrogen) atoms. The van der Waals surface area contributed by atoms with E-state index in [9.17, 15) is 13.2 Å². The van der Waals surface area contributed by atoms with E-state index in [-0.39, 0.29) is 22.8 Å². The van der Waals surface area contributed by atoms with Gasteiger partial charge in [-0.2, -0.15) is 0 Å². The van der Waals surface area contributed by atoms with Crippen molar-refractivity contribution in [2.75, 3.05) is 17.9 Å². The lowest BCUT2D eigenvalue weighted by atomic mass is 10.00. The number of amides is 1. The van der Waals surface area contributed by atoms with Gasteiger partial charge in [0.05, 0.1) is 11.5 Å². The molecule has 6 nitrogen and oxygen atoms in total. The Hall–Kier alpha value is -2.38. The average molecular weight is 445 g/mol. The number of sulfonamides is 1. The van der Waals surface area contributed by atoms with E-state index in [1.807, 2.05) is 19.1 Å². The Morgan fingerprint density at radius 3 is 2.58 bits per heavy atom. The molecule has 0 unspecified atom stereocenters. The molecule has 2 aromatic carbocycles. The molecule has 0 radical (unpaired) electrons. The van der Waals surface area contributed by atoms with E-state index in [1.54, 1.807) is 25.1 Å². The largest absolute Gasteiger partial charge is 0.381 e. The molecule has 1 amide bonds. The average Bonchev–Trinajstić information content (AvgIpc) is 3.28. The van der Waals surface area contributed by atoms with Gasteiger partial charge in [0.1, 0.15) is 0 Å². The van der Waals surface area contributed by atoms with Crippen molar-refractivity contribution in [3.8, 4) is 0 Å². The number of benzene rings is 2. The number of hydrogen-bond donors (Lipinski definition) is 2. The van der Waals surface area contributed by atoms with E-state index < -0.39 is 10.0 Å². The van der Waals surface area contributed by atoms with E-state index in [4.69, 9.17) is 4.74 Å². The fourth-order valence-corrected chi connectivity index (χ4v) is 4.78. The summed E-state index contributed by atoms with van der Waals surface area (Å²) in [4.78, 5) is 12.9. The third-order valence-electron chi connectivity index (χ3n) is 5.82. The molecule has 7 heteroatoms. The van der Waals surface area contributed by atoms with Crippen LogP contribution in [0.1, 0.15) is 54.6 Å². The predicted molar refractivity (Wildman–Crippen MR) is 123 cm³/mol. The first-order chi connectivity index (χ1) is 14.8. The maximum Gasteiger partial charge on any atom is 0.261 e. The zero-order valence-corrected chi connectivity index (χ0v) is 19.3. The predicted octanol–water partition coefficient (Wildman–Crippen LogP) is 4.29. The lowest BCUT2D eigenvalue weighted by Gasteiger charge is -2.20. The summed E-state index contributed by atoms with van der Waals surface area (Å²) in [6, 6.07) is 12.0. The summed E-state index contributed by atoms with van der Waals surface area (Å²) in [6.07, 6.45) is 4.11. The second-order valence-corrected chi connectivity index (χ2v) is 9.95. The van der Waals surface area contributed by atoms with Gasteiger partial charge < -0.3 is 10.1 Å². The molecule has 2 N–H and O–H groups in total. The minimum absolute atomic E-state index is 0.0426. The van der Waals surface area contributed by atoms with E-state index in [2.05, 4.69) is 17.0 Å². The van der Waals surface area contributed by atoms with Gasteiger partial charge in [0, 0.05) is 29.8 Å². The van der Waals surface area contributed by atoms with Gasteiger partial charge in [0.25, 0.3) is 15.9 Å². The lowest BCUT2D eigenvalue weighted by molar-refractivity contribution is 0.0921. The monoisotopic (exact) mass is 444 g/mol. The quantitative estimate of drug-likeness (QED) is 0.604. The summed E-state index contributed by atoms with van der Waals surface area (Å²) in [5, 5.41) is 3.00. The van der Waals surface area contributed by atoms with Crippen LogP contribution in [0.2, 0.25) is 0 Å². The van der Waals surface area contributed by atoms with Gasteiger partial charge in [-0.1, -0.05) is 31.5 Å². The second-order valence-electron chi connectivity index (χ2n) is 8.27. The highest BCUT2D eigenvalue weighted by atomic mass is 32.2. The first kappa shape index (κ1) is 23.3. The molecule has 3 rings (SSSR count). The van der Waals surface area contributed by atoms with Crippen LogP contribution in [0.5, 0.6) is 0 Å². The Morgan fingerprint density at radius 2 is 1.94 bits per heavy atom. The minimum atomic E-state index is -3.81. The molecule has 2 aromatic rings. The summed E-state index contributed by atoms with van der Waals surface area (Å²) in [7, 11) is -3.81. The molecule has 0 aromatic heterocycles. The fourth-order valence-electron chi connectivity index (χ4n) is 3.70. The Morgan fingerprint density at radius 1 is 1.19 bits per heavy atom. The second kappa shape index (κ2) is 10.3. The number of carbonyl (C=O) groups excluding carboxylic acids is 1. The van der Waals surface area contributed by atoms with E-state index in [0.717, 1.165) is 31.2 Å².